The minimum atomic E-state index is -1.30. The van der Waals surface area contributed by atoms with Crippen LogP contribution in [0.5, 0.6) is 0 Å². The highest BCUT2D eigenvalue weighted by atomic mass is 19.1. The lowest BCUT2D eigenvalue weighted by Crippen LogP contribution is -2.23. The molecule has 3 nitrogen and oxygen atoms in total. The Morgan fingerprint density at radius 3 is 2.24 bits per heavy atom. The van der Waals surface area contributed by atoms with E-state index in [1.807, 2.05) is 0 Å². The molecular formula is C13H9FNO2-. The molecule has 0 saturated carbocycles. The summed E-state index contributed by atoms with van der Waals surface area (Å²) in [6, 6.07) is 12.2. The Bertz CT molecular complexity index is 555. The number of halogens is 1. The summed E-state index contributed by atoms with van der Waals surface area (Å²) in [5, 5.41) is 13.6. The van der Waals surface area contributed by atoms with Crippen LogP contribution in [0.3, 0.4) is 0 Å². The van der Waals surface area contributed by atoms with Crippen LogP contribution in [0.25, 0.3) is 0 Å². The largest absolute Gasteiger partial charge is 0.545 e. The van der Waals surface area contributed by atoms with E-state index in [1.54, 1.807) is 30.3 Å². The van der Waals surface area contributed by atoms with E-state index < -0.39 is 11.8 Å². The van der Waals surface area contributed by atoms with Crippen LogP contribution in [-0.2, 0) is 0 Å². The lowest BCUT2D eigenvalue weighted by molar-refractivity contribution is -0.254. The molecule has 0 spiro atoms. The fourth-order valence-electron chi connectivity index (χ4n) is 1.48. The van der Waals surface area contributed by atoms with E-state index in [1.165, 1.54) is 18.2 Å². The number of para-hydroxylation sites is 2. The van der Waals surface area contributed by atoms with Crippen molar-refractivity contribution in [3.8, 4) is 0 Å². The van der Waals surface area contributed by atoms with Gasteiger partial charge in [-0.1, -0.05) is 30.3 Å². The van der Waals surface area contributed by atoms with Crippen molar-refractivity contribution in [3.05, 3.63) is 59.9 Å². The lowest BCUT2D eigenvalue weighted by Gasteiger charge is -2.12. The van der Waals surface area contributed by atoms with Gasteiger partial charge in [-0.2, -0.15) is 0 Å². The molecule has 0 saturated heterocycles. The summed E-state index contributed by atoms with van der Waals surface area (Å²) in [4.78, 5) is 10.9. The lowest BCUT2D eigenvalue weighted by atomic mass is 10.1. The minimum Gasteiger partial charge on any atom is -0.545 e. The van der Waals surface area contributed by atoms with Crippen molar-refractivity contribution in [2.45, 2.75) is 0 Å². The van der Waals surface area contributed by atoms with Crippen molar-refractivity contribution in [3.63, 3.8) is 0 Å². The van der Waals surface area contributed by atoms with E-state index in [2.05, 4.69) is 5.32 Å². The predicted molar refractivity (Wildman–Crippen MR) is 60.5 cm³/mol. The molecule has 0 aromatic heterocycles. The standard InChI is InChI=1S/C13H10FNO2/c14-10-6-2-4-8-12(10)15-11-7-3-1-5-9(11)13(16)17/h1-8,15H,(H,16,17)/p-1. The van der Waals surface area contributed by atoms with Crippen molar-refractivity contribution >= 4 is 17.3 Å². The van der Waals surface area contributed by atoms with Crippen LogP contribution in [0.15, 0.2) is 48.5 Å². The summed E-state index contributed by atoms with van der Waals surface area (Å²) in [5.41, 5.74) is 0.523. The first-order chi connectivity index (χ1) is 8.18. The van der Waals surface area contributed by atoms with Crippen molar-refractivity contribution in [2.75, 3.05) is 5.32 Å². The summed E-state index contributed by atoms with van der Waals surface area (Å²) in [6.07, 6.45) is 0. The molecule has 0 aliphatic heterocycles. The highest BCUT2D eigenvalue weighted by molar-refractivity contribution is 5.93. The minimum absolute atomic E-state index is 0.00393. The van der Waals surface area contributed by atoms with Crippen LogP contribution in [0.1, 0.15) is 10.4 Å². The van der Waals surface area contributed by atoms with Gasteiger partial charge in [-0.15, -0.1) is 0 Å². The van der Waals surface area contributed by atoms with Crippen LogP contribution in [0.2, 0.25) is 0 Å². The molecule has 0 fully saturated rings. The summed E-state index contributed by atoms with van der Waals surface area (Å²) in [6.45, 7) is 0. The molecule has 0 aliphatic carbocycles. The quantitative estimate of drug-likeness (QED) is 0.876. The number of anilines is 2. The normalized spacial score (nSPS) is 9.94. The van der Waals surface area contributed by atoms with Crippen LogP contribution in [0.4, 0.5) is 15.8 Å². The van der Waals surface area contributed by atoms with Gasteiger partial charge in [-0.3, -0.25) is 0 Å². The molecule has 0 atom stereocenters. The maximum absolute atomic E-state index is 13.4. The number of nitrogens with one attached hydrogen (secondary N) is 1. The van der Waals surface area contributed by atoms with Crippen molar-refractivity contribution in [1.82, 2.24) is 0 Å². The second-order valence-electron chi connectivity index (χ2n) is 3.44. The van der Waals surface area contributed by atoms with E-state index in [-0.39, 0.29) is 11.3 Å². The molecule has 4 heteroatoms. The van der Waals surface area contributed by atoms with Gasteiger partial charge in [-0.05, 0) is 18.2 Å². The molecule has 0 bridgehead atoms. The Kier molecular flexibility index (Phi) is 3.05. The zero-order valence-electron chi connectivity index (χ0n) is 8.81. The van der Waals surface area contributed by atoms with Gasteiger partial charge in [0.15, 0.2) is 0 Å². The molecule has 2 aromatic carbocycles. The Hall–Kier alpha value is -2.36. The molecule has 0 aliphatic rings. The Labute approximate surface area is 97.5 Å². The number of carboxylic acids is 1. The molecule has 2 rings (SSSR count). The third-order valence-electron chi connectivity index (χ3n) is 2.29. The Morgan fingerprint density at radius 2 is 1.59 bits per heavy atom. The number of benzene rings is 2. The molecule has 86 valence electrons. The van der Waals surface area contributed by atoms with E-state index in [0.29, 0.717) is 5.69 Å². The van der Waals surface area contributed by atoms with Gasteiger partial charge >= 0.3 is 0 Å². The smallest absolute Gasteiger partial charge is 0.146 e. The molecule has 17 heavy (non-hydrogen) atoms. The summed E-state index contributed by atoms with van der Waals surface area (Å²) < 4.78 is 13.4. The van der Waals surface area contributed by atoms with Gasteiger partial charge in [0, 0.05) is 11.3 Å². The van der Waals surface area contributed by atoms with Crippen LogP contribution < -0.4 is 10.4 Å². The number of hydrogen-bond acceptors (Lipinski definition) is 3. The molecule has 0 unspecified atom stereocenters. The fourth-order valence-corrected chi connectivity index (χ4v) is 1.48. The molecule has 0 radical (unpaired) electrons. The van der Waals surface area contributed by atoms with Gasteiger partial charge in [0.1, 0.15) is 5.82 Å². The van der Waals surface area contributed by atoms with E-state index in [4.69, 9.17) is 0 Å². The maximum atomic E-state index is 13.4. The molecule has 1 N–H and O–H groups in total. The number of rotatable bonds is 3. The van der Waals surface area contributed by atoms with E-state index >= 15 is 0 Å². The zero-order chi connectivity index (χ0) is 12.3. The topological polar surface area (TPSA) is 52.2 Å². The average molecular weight is 230 g/mol. The predicted octanol–water partition coefficient (Wildman–Crippen LogP) is 1.93. The highest BCUT2D eigenvalue weighted by Crippen LogP contribution is 2.22. The Morgan fingerprint density at radius 1 is 1.00 bits per heavy atom. The van der Waals surface area contributed by atoms with Crippen LogP contribution in [0, 0.1) is 5.82 Å². The first-order valence-corrected chi connectivity index (χ1v) is 5.00. The van der Waals surface area contributed by atoms with Crippen molar-refractivity contribution in [2.24, 2.45) is 0 Å². The number of carbonyl (C=O) groups excluding carboxylic acids is 1. The first-order valence-electron chi connectivity index (χ1n) is 5.00. The summed E-state index contributed by atoms with van der Waals surface area (Å²) in [5.74, 6) is -1.75. The van der Waals surface area contributed by atoms with E-state index in [9.17, 15) is 14.3 Å². The van der Waals surface area contributed by atoms with Crippen molar-refractivity contribution < 1.29 is 14.3 Å². The fraction of sp³-hybridized carbons (Fsp3) is 0. The van der Waals surface area contributed by atoms with Gasteiger partial charge < -0.3 is 15.2 Å². The van der Waals surface area contributed by atoms with Crippen LogP contribution >= 0.6 is 0 Å². The Balaban J connectivity index is 2.37. The van der Waals surface area contributed by atoms with Crippen molar-refractivity contribution in [1.29, 1.82) is 0 Å². The van der Waals surface area contributed by atoms with Gasteiger partial charge in [0.25, 0.3) is 0 Å². The number of carbonyl (C=O) groups is 1. The van der Waals surface area contributed by atoms with Gasteiger partial charge in [0.2, 0.25) is 0 Å². The third-order valence-corrected chi connectivity index (χ3v) is 2.29. The number of aromatic carboxylic acids is 1. The molecular weight excluding hydrogens is 221 g/mol. The number of carboxylic acid groups (broad SMARTS) is 1. The average Bonchev–Trinajstić information content (AvgIpc) is 2.32. The SMILES string of the molecule is O=C([O-])c1ccccc1Nc1ccccc1F. The molecule has 2 aromatic rings. The zero-order valence-corrected chi connectivity index (χ0v) is 8.81. The third kappa shape index (κ3) is 2.42. The van der Waals surface area contributed by atoms with Gasteiger partial charge in [0.05, 0.1) is 11.7 Å². The van der Waals surface area contributed by atoms with Gasteiger partial charge in [-0.25, -0.2) is 4.39 Å². The second kappa shape index (κ2) is 4.65. The monoisotopic (exact) mass is 230 g/mol. The van der Waals surface area contributed by atoms with E-state index in [0.717, 1.165) is 0 Å². The van der Waals surface area contributed by atoms with Crippen LogP contribution in [-0.4, -0.2) is 5.97 Å². The molecule has 0 amide bonds. The summed E-state index contributed by atoms with van der Waals surface area (Å²) in [7, 11) is 0. The summed E-state index contributed by atoms with van der Waals surface area (Å²) >= 11 is 0. The highest BCUT2D eigenvalue weighted by Gasteiger charge is 2.05. The maximum Gasteiger partial charge on any atom is 0.146 e. The second-order valence-corrected chi connectivity index (χ2v) is 3.44. The first kappa shape index (κ1) is 11.1. The molecule has 0 heterocycles. The number of hydrogen-bond donors (Lipinski definition) is 1.